The molecule has 1 amide bonds. The Kier molecular flexibility index (Phi) is 8.73. The third kappa shape index (κ3) is 5.94. The molecular formula is C26H33ClN4O4S3. The molecule has 1 atom stereocenters. The molecule has 1 aromatic carbocycles. The van der Waals surface area contributed by atoms with Crippen LogP contribution in [0.5, 0.6) is 0 Å². The van der Waals surface area contributed by atoms with E-state index >= 15 is 0 Å². The molecule has 8 nitrogen and oxygen atoms in total. The minimum Gasteiger partial charge on any atom is -0.379 e. The Balaban J connectivity index is 1.45. The van der Waals surface area contributed by atoms with Gasteiger partial charge in [0.2, 0.25) is 5.91 Å². The van der Waals surface area contributed by atoms with Gasteiger partial charge in [0.25, 0.3) is 10.0 Å². The van der Waals surface area contributed by atoms with Crippen molar-refractivity contribution in [2.75, 3.05) is 50.8 Å². The van der Waals surface area contributed by atoms with E-state index in [2.05, 4.69) is 24.0 Å². The molecule has 2 saturated heterocycles. The molecule has 0 aliphatic carbocycles. The van der Waals surface area contributed by atoms with Crippen molar-refractivity contribution in [1.82, 2.24) is 14.2 Å². The van der Waals surface area contributed by atoms with E-state index in [1.807, 2.05) is 6.92 Å². The molecule has 2 aromatic heterocycles. The van der Waals surface area contributed by atoms with Gasteiger partial charge in [-0.1, -0.05) is 35.4 Å². The van der Waals surface area contributed by atoms with Gasteiger partial charge in [0.1, 0.15) is 10.3 Å². The fraction of sp³-hybridized carbons (Fsp3) is 0.538. The Bertz CT molecular complexity index is 1400. The number of sulfonamides is 1. The second-order valence-electron chi connectivity index (χ2n) is 9.91. The number of rotatable bonds is 8. The molecule has 2 fully saturated rings. The number of nitrogens with zero attached hydrogens (tertiary/aromatic N) is 4. The number of aryl methyl sites for hydroxylation is 2. The summed E-state index contributed by atoms with van der Waals surface area (Å²) in [5, 5.41) is 0.628. The summed E-state index contributed by atoms with van der Waals surface area (Å²) < 4.78 is 35.7. The summed E-state index contributed by atoms with van der Waals surface area (Å²) in [7, 11) is -3.84. The van der Waals surface area contributed by atoms with Gasteiger partial charge < -0.3 is 4.74 Å². The molecule has 0 bridgehead atoms. The van der Waals surface area contributed by atoms with E-state index in [9.17, 15) is 13.2 Å². The highest BCUT2D eigenvalue weighted by molar-refractivity contribution is 7.91. The molecule has 2 aliphatic rings. The van der Waals surface area contributed by atoms with Gasteiger partial charge in [-0.15, -0.1) is 11.3 Å². The number of piperidine rings is 1. The van der Waals surface area contributed by atoms with Crippen molar-refractivity contribution in [3.05, 3.63) is 39.7 Å². The summed E-state index contributed by atoms with van der Waals surface area (Å²) in [4.78, 5) is 23.2. The third-order valence-corrected chi connectivity index (χ3v) is 11.8. The molecule has 12 heteroatoms. The topological polar surface area (TPSA) is 83.1 Å². The van der Waals surface area contributed by atoms with Crippen LogP contribution in [0.15, 0.2) is 28.5 Å². The van der Waals surface area contributed by atoms with Gasteiger partial charge in [-0.2, -0.15) is 4.31 Å². The van der Waals surface area contributed by atoms with E-state index in [1.54, 1.807) is 11.0 Å². The maximum Gasteiger partial charge on any atom is 0.253 e. The molecule has 206 valence electrons. The average molecular weight is 597 g/mol. The summed E-state index contributed by atoms with van der Waals surface area (Å²) >= 11 is 8.59. The molecule has 0 radical (unpaired) electrons. The first-order valence-electron chi connectivity index (χ1n) is 13.0. The van der Waals surface area contributed by atoms with Crippen LogP contribution in [0.1, 0.15) is 36.8 Å². The Morgan fingerprint density at radius 3 is 2.68 bits per heavy atom. The number of ether oxygens (including phenoxy) is 1. The number of carbonyl (C=O) groups is 1. The SMILES string of the molecule is Cc1cc(C)c2nc(N(CCCN3CCOCC3)C(=O)C3CCCCN3S(=O)(=O)c3ccc(Cl)s3)sc2c1. The molecule has 4 heterocycles. The van der Waals surface area contributed by atoms with Crippen LogP contribution in [0.4, 0.5) is 5.13 Å². The van der Waals surface area contributed by atoms with Crippen molar-refractivity contribution in [2.24, 2.45) is 0 Å². The molecule has 0 saturated carbocycles. The normalized spacial score (nSPS) is 19.7. The van der Waals surface area contributed by atoms with Crippen molar-refractivity contribution in [2.45, 2.75) is 49.8 Å². The van der Waals surface area contributed by atoms with Crippen molar-refractivity contribution >= 4 is 65.6 Å². The van der Waals surface area contributed by atoms with E-state index < -0.39 is 16.1 Å². The summed E-state index contributed by atoms with van der Waals surface area (Å²) in [6.45, 7) is 8.93. The molecule has 0 N–H and O–H groups in total. The van der Waals surface area contributed by atoms with E-state index in [0.717, 1.165) is 84.8 Å². The number of thiazole rings is 1. The van der Waals surface area contributed by atoms with Gasteiger partial charge >= 0.3 is 0 Å². The third-order valence-electron chi connectivity index (χ3n) is 7.13. The van der Waals surface area contributed by atoms with Gasteiger partial charge in [0.15, 0.2) is 5.13 Å². The first-order valence-corrected chi connectivity index (χ1v) is 16.5. The minimum atomic E-state index is -3.84. The van der Waals surface area contributed by atoms with Crippen LogP contribution >= 0.6 is 34.3 Å². The van der Waals surface area contributed by atoms with Gasteiger partial charge in [-0.25, -0.2) is 13.4 Å². The van der Waals surface area contributed by atoms with Gasteiger partial charge in [0.05, 0.1) is 27.8 Å². The maximum absolute atomic E-state index is 14.2. The monoisotopic (exact) mass is 596 g/mol. The largest absolute Gasteiger partial charge is 0.379 e. The summed E-state index contributed by atoms with van der Waals surface area (Å²) in [6.07, 6.45) is 2.77. The van der Waals surface area contributed by atoms with Crippen LogP contribution in [0.3, 0.4) is 0 Å². The van der Waals surface area contributed by atoms with Crippen molar-refractivity contribution < 1.29 is 17.9 Å². The Hall–Kier alpha value is -1.60. The Morgan fingerprint density at radius 1 is 1.16 bits per heavy atom. The van der Waals surface area contributed by atoms with Crippen LogP contribution in [0.25, 0.3) is 10.2 Å². The second-order valence-corrected chi connectivity index (χ2v) is 14.7. The average Bonchev–Trinajstić information content (AvgIpc) is 3.54. The number of carbonyl (C=O) groups excluding carboxylic acids is 1. The van der Waals surface area contributed by atoms with Crippen LogP contribution in [-0.4, -0.2) is 80.5 Å². The van der Waals surface area contributed by atoms with Gasteiger partial charge in [-0.05, 0) is 62.4 Å². The van der Waals surface area contributed by atoms with E-state index in [4.69, 9.17) is 21.3 Å². The van der Waals surface area contributed by atoms with Crippen LogP contribution in [0, 0.1) is 13.8 Å². The molecule has 1 unspecified atom stereocenters. The molecule has 5 rings (SSSR count). The smallest absolute Gasteiger partial charge is 0.253 e. The van der Waals surface area contributed by atoms with Crippen molar-refractivity contribution in [3.63, 3.8) is 0 Å². The number of hydrogen-bond donors (Lipinski definition) is 0. The lowest BCUT2D eigenvalue weighted by molar-refractivity contribution is -0.123. The number of thiophene rings is 1. The van der Waals surface area contributed by atoms with Gasteiger partial charge in [-0.3, -0.25) is 14.6 Å². The van der Waals surface area contributed by atoms with E-state index in [-0.39, 0.29) is 10.1 Å². The highest BCUT2D eigenvalue weighted by Crippen LogP contribution is 2.35. The lowest BCUT2D eigenvalue weighted by Crippen LogP contribution is -2.53. The zero-order chi connectivity index (χ0) is 26.9. The van der Waals surface area contributed by atoms with E-state index in [1.165, 1.54) is 21.7 Å². The lowest BCUT2D eigenvalue weighted by Gasteiger charge is -2.36. The first-order chi connectivity index (χ1) is 18.2. The van der Waals surface area contributed by atoms with Crippen LogP contribution in [-0.2, 0) is 19.6 Å². The lowest BCUT2D eigenvalue weighted by atomic mass is 10.0. The first kappa shape index (κ1) is 27.9. The highest BCUT2D eigenvalue weighted by atomic mass is 35.5. The molecule has 38 heavy (non-hydrogen) atoms. The number of morpholine rings is 1. The Labute approximate surface area is 237 Å². The number of aromatic nitrogens is 1. The van der Waals surface area contributed by atoms with Crippen molar-refractivity contribution in [3.8, 4) is 0 Å². The number of halogens is 1. The van der Waals surface area contributed by atoms with Crippen LogP contribution in [0.2, 0.25) is 4.34 Å². The van der Waals surface area contributed by atoms with Crippen LogP contribution < -0.4 is 4.90 Å². The zero-order valence-corrected chi connectivity index (χ0v) is 24.9. The van der Waals surface area contributed by atoms with Gasteiger partial charge in [0, 0.05) is 32.7 Å². The molecular weight excluding hydrogens is 564 g/mol. The predicted octanol–water partition coefficient (Wildman–Crippen LogP) is 4.93. The standard InChI is InChI=1S/C26H33ClN4O4S3/c1-18-16-19(2)24-21(17-18)36-26(28-24)30(10-5-9-29-12-14-35-15-13-29)25(32)20-6-3-4-11-31(20)38(33,34)23-8-7-22(27)37-23/h7-8,16-17,20H,3-6,9-15H2,1-2H3. The maximum atomic E-state index is 14.2. The summed E-state index contributed by atoms with van der Waals surface area (Å²) in [6, 6.07) is 6.53. The molecule has 0 spiro atoms. The van der Waals surface area contributed by atoms with E-state index in [0.29, 0.717) is 29.0 Å². The second kappa shape index (κ2) is 11.9. The number of fused-ring (bicyclic) bond motifs is 1. The minimum absolute atomic E-state index is 0.173. The summed E-state index contributed by atoms with van der Waals surface area (Å²) in [5.41, 5.74) is 3.11. The van der Waals surface area contributed by atoms with Crippen molar-refractivity contribution in [1.29, 1.82) is 0 Å². The fourth-order valence-electron chi connectivity index (χ4n) is 5.22. The number of anilines is 1. The zero-order valence-electron chi connectivity index (χ0n) is 21.7. The fourth-order valence-corrected chi connectivity index (χ4v) is 9.66. The molecule has 2 aliphatic heterocycles. The quantitative estimate of drug-likeness (QED) is 0.367. The molecule has 3 aromatic rings. The number of amides is 1. The summed E-state index contributed by atoms with van der Waals surface area (Å²) in [5.74, 6) is -0.202. The number of benzene rings is 1. The predicted molar refractivity (Wildman–Crippen MR) is 154 cm³/mol. The highest BCUT2D eigenvalue weighted by Gasteiger charge is 2.41. The Morgan fingerprint density at radius 2 is 1.95 bits per heavy atom. The number of hydrogen-bond acceptors (Lipinski definition) is 8.